The van der Waals surface area contributed by atoms with Gasteiger partial charge in [0.05, 0.1) is 11.3 Å². The molecule has 0 radical (unpaired) electrons. The summed E-state index contributed by atoms with van der Waals surface area (Å²) >= 11 is 1.70. The molecular weight excluding hydrogens is 296 g/mol. The van der Waals surface area contributed by atoms with E-state index in [0.717, 1.165) is 31.2 Å². The zero-order valence-electron chi connectivity index (χ0n) is 13.5. The van der Waals surface area contributed by atoms with E-state index in [1.54, 1.807) is 17.6 Å². The molecule has 0 amide bonds. The number of guanidine groups is 1. The molecule has 0 aromatic carbocycles. The van der Waals surface area contributed by atoms with Gasteiger partial charge in [0, 0.05) is 50.6 Å². The van der Waals surface area contributed by atoms with Crippen LogP contribution in [0.1, 0.15) is 30.5 Å². The van der Waals surface area contributed by atoms with Crippen molar-refractivity contribution in [3.63, 3.8) is 0 Å². The molecule has 0 aliphatic carbocycles. The van der Waals surface area contributed by atoms with Crippen molar-refractivity contribution < 1.29 is 4.42 Å². The molecule has 5 nitrogen and oxygen atoms in total. The van der Waals surface area contributed by atoms with Gasteiger partial charge in [-0.15, -0.1) is 11.3 Å². The molecule has 2 heterocycles. The summed E-state index contributed by atoms with van der Waals surface area (Å²) in [4.78, 5) is 11.2. The maximum Gasteiger partial charge on any atom is 0.193 e. The first kappa shape index (κ1) is 16.5. The van der Waals surface area contributed by atoms with E-state index in [9.17, 15) is 0 Å². The van der Waals surface area contributed by atoms with Crippen molar-refractivity contribution in [2.24, 2.45) is 4.99 Å². The second-order valence-corrected chi connectivity index (χ2v) is 6.14. The van der Waals surface area contributed by atoms with E-state index in [1.165, 1.54) is 5.01 Å². The molecule has 1 unspecified atom stereocenters. The van der Waals surface area contributed by atoms with Gasteiger partial charge in [-0.25, -0.2) is 4.98 Å². The summed E-state index contributed by atoms with van der Waals surface area (Å²) in [5.41, 5.74) is 0. The smallest absolute Gasteiger partial charge is 0.193 e. The van der Waals surface area contributed by atoms with Gasteiger partial charge in [-0.2, -0.15) is 0 Å². The average molecular weight is 320 g/mol. The Bertz CT molecular complexity index is 551. The molecule has 0 spiro atoms. The van der Waals surface area contributed by atoms with Gasteiger partial charge in [-0.05, 0) is 19.1 Å². The summed E-state index contributed by atoms with van der Waals surface area (Å²) in [6, 6.07) is 3.89. The van der Waals surface area contributed by atoms with Gasteiger partial charge >= 0.3 is 0 Å². The summed E-state index contributed by atoms with van der Waals surface area (Å²) in [7, 11) is 2.07. The number of thiazole rings is 1. The third-order valence-corrected chi connectivity index (χ3v) is 4.32. The highest BCUT2D eigenvalue weighted by Gasteiger charge is 2.13. The van der Waals surface area contributed by atoms with Gasteiger partial charge < -0.3 is 14.6 Å². The van der Waals surface area contributed by atoms with Crippen LogP contribution in [0.5, 0.6) is 0 Å². The Labute approximate surface area is 136 Å². The minimum Gasteiger partial charge on any atom is -0.469 e. The number of nitrogens with one attached hydrogen (secondary N) is 1. The first-order valence-electron chi connectivity index (χ1n) is 7.62. The maximum absolute atomic E-state index is 5.34. The predicted octanol–water partition coefficient (Wildman–Crippen LogP) is 2.98. The lowest BCUT2D eigenvalue weighted by Crippen LogP contribution is -2.40. The summed E-state index contributed by atoms with van der Waals surface area (Å²) < 4.78 is 5.34. The number of hydrogen-bond donors (Lipinski definition) is 1. The van der Waals surface area contributed by atoms with Crippen LogP contribution in [0, 0.1) is 0 Å². The Kier molecular flexibility index (Phi) is 6.45. The van der Waals surface area contributed by atoms with Gasteiger partial charge in [-0.1, -0.05) is 6.92 Å². The number of hydrogen-bond acceptors (Lipinski definition) is 4. The van der Waals surface area contributed by atoms with Crippen LogP contribution < -0.4 is 5.32 Å². The Balaban J connectivity index is 1.90. The Morgan fingerprint density at radius 3 is 3.05 bits per heavy atom. The molecule has 0 saturated heterocycles. The first-order chi connectivity index (χ1) is 10.7. The minimum atomic E-state index is 0.388. The summed E-state index contributed by atoms with van der Waals surface area (Å²) in [6.45, 7) is 6.74. The molecule has 120 valence electrons. The van der Waals surface area contributed by atoms with Crippen molar-refractivity contribution in [3.8, 4) is 0 Å². The fourth-order valence-corrected chi connectivity index (χ4v) is 2.94. The summed E-state index contributed by atoms with van der Waals surface area (Å²) in [6.07, 6.45) is 4.38. The highest BCUT2D eigenvalue weighted by Crippen LogP contribution is 2.18. The van der Waals surface area contributed by atoms with Crippen LogP contribution in [0.2, 0.25) is 0 Å². The molecule has 2 aromatic heterocycles. The van der Waals surface area contributed by atoms with Gasteiger partial charge in [-0.3, -0.25) is 4.99 Å². The molecule has 2 rings (SSSR count). The number of likely N-dealkylation sites (N-methyl/N-ethyl adjacent to an activating group) is 1. The van der Waals surface area contributed by atoms with Gasteiger partial charge in [0.25, 0.3) is 0 Å². The lowest BCUT2D eigenvalue weighted by Gasteiger charge is -2.24. The lowest BCUT2D eigenvalue weighted by molar-refractivity contribution is 0.445. The fourth-order valence-electron chi connectivity index (χ4n) is 2.25. The van der Waals surface area contributed by atoms with Gasteiger partial charge in [0.2, 0.25) is 0 Å². The van der Waals surface area contributed by atoms with Crippen molar-refractivity contribution in [1.29, 1.82) is 0 Å². The van der Waals surface area contributed by atoms with E-state index in [1.807, 2.05) is 23.7 Å². The standard InChI is InChI=1S/C16H24N4OS/c1-4-17-16(19-8-7-14-6-5-10-21-14)20(3)12-13(2)15-18-9-11-22-15/h5-6,9-11,13H,4,7-8,12H2,1-3H3,(H,17,19). The third-order valence-electron chi connectivity index (χ3n) is 3.32. The summed E-state index contributed by atoms with van der Waals surface area (Å²) in [5, 5.41) is 6.53. The number of nitrogens with zero attached hydrogens (tertiary/aromatic N) is 3. The van der Waals surface area contributed by atoms with Crippen LogP contribution >= 0.6 is 11.3 Å². The molecule has 0 saturated carbocycles. The monoisotopic (exact) mass is 320 g/mol. The Hall–Kier alpha value is -1.82. The SMILES string of the molecule is CCNC(=NCCc1ccco1)N(C)CC(C)c1nccs1. The largest absolute Gasteiger partial charge is 0.469 e. The number of furan rings is 1. The number of rotatable bonds is 7. The molecule has 1 atom stereocenters. The van der Waals surface area contributed by atoms with Gasteiger partial charge in [0.1, 0.15) is 5.76 Å². The van der Waals surface area contributed by atoms with Crippen LogP contribution in [0.3, 0.4) is 0 Å². The van der Waals surface area contributed by atoms with E-state index in [2.05, 4.69) is 41.1 Å². The average Bonchev–Trinajstić information content (AvgIpc) is 3.19. The highest BCUT2D eigenvalue weighted by atomic mass is 32.1. The lowest BCUT2D eigenvalue weighted by atomic mass is 10.2. The minimum absolute atomic E-state index is 0.388. The fraction of sp³-hybridized carbons (Fsp3) is 0.500. The Morgan fingerprint density at radius 2 is 2.41 bits per heavy atom. The van der Waals surface area contributed by atoms with Crippen LogP contribution in [-0.4, -0.2) is 42.5 Å². The molecule has 0 fully saturated rings. The van der Waals surface area contributed by atoms with E-state index < -0.39 is 0 Å². The number of aliphatic imine (C=N–C) groups is 1. The molecule has 0 aliphatic rings. The molecular formula is C16H24N4OS. The third kappa shape index (κ3) is 4.87. The van der Waals surface area contributed by atoms with Crippen molar-refractivity contribution in [1.82, 2.24) is 15.2 Å². The van der Waals surface area contributed by atoms with E-state index in [-0.39, 0.29) is 0 Å². The number of aromatic nitrogens is 1. The van der Waals surface area contributed by atoms with E-state index >= 15 is 0 Å². The first-order valence-corrected chi connectivity index (χ1v) is 8.50. The van der Waals surface area contributed by atoms with Gasteiger partial charge in [0.15, 0.2) is 5.96 Å². The second kappa shape index (κ2) is 8.58. The second-order valence-electron chi connectivity index (χ2n) is 5.22. The quantitative estimate of drug-likeness (QED) is 0.629. The van der Waals surface area contributed by atoms with Crippen LogP contribution in [0.15, 0.2) is 39.4 Å². The Morgan fingerprint density at radius 1 is 1.55 bits per heavy atom. The normalized spacial score (nSPS) is 13.1. The topological polar surface area (TPSA) is 53.7 Å². The van der Waals surface area contributed by atoms with Crippen molar-refractivity contribution >= 4 is 17.3 Å². The molecule has 0 aliphatic heterocycles. The molecule has 2 aromatic rings. The van der Waals surface area contributed by atoms with Crippen LogP contribution in [0.4, 0.5) is 0 Å². The van der Waals surface area contributed by atoms with Crippen LogP contribution in [0.25, 0.3) is 0 Å². The molecule has 6 heteroatoms. The van der Waals surface area contributed by atoms with Crippen molar-refractivity contribution in [3.05, 3.63) is 40.7 Å². The maximum atomic E-state index is 5.34. The van der Waals surface area contributed by atoms with E-state index in [4.69, 9.17) is 4.42 Å². The summed E-state index contributed by atoms with van der Waals surface area (Å²) in [5.74, 6) is 2.29. The van der Waals surface area contributed by atoms with Crippen molar-refractivity contribution in [2.75, 3.05) is 26.7 Å². The van der Waals surface area contributed by atoms with Crippen molar-refractivity contribution in [2.45, 2.75) is 26.2 Å². The highest BCUT2D eigenvalue weighted by molar-refractivity contribution is 7.09. The molecule has 22 heavy (non-hydrogen) atoms. The zero-order valence-corrected chi connectivity index (χ0v) is 14.3. The zero-order chi connectivity index (χ0) is 15.8. The molecule has 1 N–H and O–H groups in total. The molecule has 0 bridgehead atoms. The van der Waals surface area contributed by atoms with E-state index in [0.29, 0.717) is 12.5 Å². The predicted molar refractivity (Wildman–Crippen MR) is 91.5 cm³/mol. The van der Waals surface area contributed by atoms with Crippen LogP contribution in [-0.2, 0) is 6.42 Å².